The number of thioether (sulfide) groups is 1. The Hall–Kier alpha value is -0.180. The third-order valence-corrected chi connectivity index (χ3v) is 1.45. The summed E-state index contributed by atoms with van der Waals surface area (Å²) in [6.07, 6.45) is 2.00. The van der Waals surface area contributed by atoms with Crippen LogP contribution in [0, 0.1) is 0 Å². The number of hydrogen-bond acceptors (Lipinski definition) is 3. The monoisotopic (exact) mass is 133 g/mol. The minimum absolute atomic E-state index is 0.679. The van der Waals surface area contributed by atoms with Crippen LogP contribution in [0.2, 0.25) is 0 Å². The van der Waals surface area contributed by atoms with Gasteiger partial charge in [0.2, 0.25) is 0 Å². The molecule has 0 aliphatic carbocycles. The Morgan fingerprint density at radius 2 is 2.38 bits per heavy atom. The zero-order chi connectivity index (χ0) is 6.41. The van der Waals surface area contributed by atoms with Crippen LogP contribution in [-0.2, 0) is 0 Å². The minimum atomic E-state index is -1.02. The van der Waals surface area contributed by atoms with Crippen LogP contribution in [0.3, 0.4) is 0 Å². The number of carboxylic acid groups (broad SMARTS) is 1. The third-order valence-electron chi connectivity index (χ3n) is 0.718. The van der Waals surface area contributed by atoms with Gasteiger partial charge in [-0.05, 0) is 12.2 Å². The van der Waals surface area contributed by atoms with E-state index in [4.69, 9.17) is 0 Å². The molecule has 0 rings (SSSR count). The molecule has 0 radical (unpaired) electrons. The molecule has 0 aliphatic heterocycles. The maximum Gasteiger partial charge on any atom is 0.0980 e. The van der Waals surface area contributed by atoms with E-state index in [0.717, 1.165) is 24.6 Å². The molecule has 0 atom stereocenters. The van der Waals surface area contributed by atoms with Gasteiger partial charge in [0.25, 0.3) is 0 Å². The first-order valence-corrected chi connectivity index (χ1v) is 3.59. The van der Waals surface area contributed by atoms with Gasteiger partial charge >= 0.3 is 0 Å². The lowest BCUT2D eigenvalue weighted by atomic mass is 10.4. The summed E-state index contributed by atoms with van der Waals surface area (Å²) >= 11 is 0.861. The van der Waals surface area contributed by atoms with Gasteiger partial charge in [-0.2, -0.15) is 0 Å². The summed E-state index contributed by atoms with van der Waals surface area (Å²) in [5.74, 6) is 0.679. The molecule has 0 saturated carbocycles. The van der Waals surface area contributed by atoms with Crippen molar-refractivity contribution in [3.63, 3.8) is 0 Å². The predicted molar refractivity (Wildman–Crippen MR) is 32.8 cm³/mol. The molecule has 0 spiro atoms. The highest BCUT2D eigenvalue weighted by Crippen LogP contribution is 2.01. The zero-order valence-electron chi connectivity index (χ0n) is 4.85. The van der Waals surface area contributed by atoms with E-state index in [1.807, 2.05) is 6.92 Å². The second kappa shape index (κ2) is 4.97. The van der Waals surface area contributed by atoms with Crippen molar-refractivity contribution in [2.75, 3.05) is 5.75 Å². The fourth-order valence-corrected chi connectivity index (χ4v) is 0.900. The van der Waals surface area contributed by atoms with Crippen LogP contribution < -0.4 is 5.11 Å². The van der Waals surface area contributed by atoms with E-state index in [0.29, 0.717) is 5.75 Å². The summed E-state index contributed by atoms with van der Waals surface area (Å²) in [7, 11) is 0. The first kappa shape index (κ1) is 7.82. The smallest absolute Gasteiger partial charge is 0.0980 e. The number of unbranched alkanes of at least 4 members (excludes halogenated alkanes) is 1. The Morgan fingerprint density at radius 3 is 2.75 bits per heavy atom. The summed E-state index contributed by atoms with van der Waals surface area (Å²) in [6.45, 7) is 2.02. The maximum atomic E-state index is 9.73. The summed E-state index contributed by atoms with van der Waals surface area (Å²) < 4.78 is 0. The van der Waals surface area contributed by atoms with Crippen molar-refractivity contribution in [3.05, 3.63) is 0 Å². The maximum absolute atomic E-state index is 9.73. The second-order valence-corrected chi connectivity index (χ2v) is 2.48. The standard InChI is InChI=1S/C5H10O2S/c1-2-3-4-8-5(6)7/h2-4H2,1H3,(H,6,7)/p-1. The summed E-state index contributed by atoms with van der Waals surface area (Å²) in [5, 5.41) is 8.71. The first-order chi connectivity index (χ1) is 3.77. The molecule has 0 heterocycles. The van der Waals surface area contributed by atoms with E-state index < -0.39 is 5.30 Å². The van der Waals surface area contributed by atoms with E-state index in [9.17, 15) is 9.90 Å². The van der Waals surface area contributed by atoms with E-state index in [-0.39, 0.29) is 0 Å². The zero-order valence-corrected chi connectivity index (χ0v) is 5.66. The Balaban J connectivity index is 2.82. The molecule has 2 nitrogen and oxygen atoms in total. The van der Waals surface area contributed by atoms with Gasteiger partial charge < -0.3 is 9.90 Å². The average Bonchev–Trinajstić information content (AvgIpc) is 1.66. The van der Waals surface area contributed by atoms with Gasteiger partial charge in [-0.3, -0.25) is 0 Å². The van der Waals surface area contributed by atoms with E-state index in [2.05, 4.69) is 0 Å². The topological polar surface area (TPSA) is 40.1 Å². The summed E-state index contributed by atoms with van der Waals surface area (Å²) in [4.78, 5) is 9.73. The summed E-state index contributed by atoms with van der Waals surface area (Å²) in [6, 6.07) is 0. The molecular formula is C5H9O2S-. The normalized spacial score (nSPS) is 9.12. The quantitative estimate of drug-likeness (QED) is 0.536. The molecule has 0 fully saturated rings. The van der Waals surface area contributed by atoms with Crippen molar-refractivity contribution >= 4 is 17.1 Å². The number of carbonyl (C=O) groups is 1. The Bertz CT molecular complexity index is 72.8. The van der Waals surface area contributed by atoms with Crippen LogP contribution in [0.5, 0.6) is 0 Å². The van der Waals surface area contributed by atoms with Crippen molar-refractivity contribution in [2.24, 2.45) is 0 Å². The van der Waals surface area contributed by atoms with Crippen molar-refractivity contribution in [1.82, 2.24) is 0 Å². The van der Waals surface area contributed by atoms with E-state index in [1.165, 1.54) is 0 Å². The molecule has 0 saturated heterocycles. The lowest BCUT2D eigenvalue weighted by molar-refractivity contribution is -0.232. The van der Waals surface area contributed by atoms with E-state index in [1.54, 1.807) is 0 Å². The molecule has 8 heavy (non-hydrogen) atoms. The molecule has 3 heteroatoms. The lowest BCUT2D eigenvalue weighted by Gasteiger charge is -1.97. The van der Waals surface area contributed by atoms with Crippen molar-refractivity contribution in [3.8, 4) is 0 Å². The molecule has 0 aliphatic rings. The van der Waals surface area contributed by atoms with Crippen molar-refractivity contribution < 1.29 is 9.90 Å². The largest absolute Gasteiger partial charge is 0.538 e. The lowest BCUT2D eigenvalue weighted by Crippen LogP contribution is -2.15. The Morgan fingerprint density at radius 1 is 1.75 bits per heavy atom. The van der Waals surface area contributed by atoms with Crippen LogP contribution in [-0.4, -0.2) is 11.1 Å². The van der Waals surface area contributed by atoms with Gasteiger partial charge in [-0.1, -0.05) is 13.3 Å². The van der Waals surface area contributed by atoms with Gasteiger partial charge in [0, 0.05) is 0 Å². The fraction of sp³-hybridized carbons (Fsp3) is 0.800. The van der Waals surface area contributed by atoms with Gasteiger partial charge in [0.15, 0.2) is 0 Å². The molecule has 0 N–H and O–H groups in total. The van der Waals surface area contributed by atoms with Crippen LogP contribution in [0.15, 0.2) is 0 Å². The molecule has 48 valence electrons. The number of hydrogen-bond donors (Lipinski definition) is 0. The average molecular weight is 133 g/mol. The number of carbonyl (C=O) groups excluding carboxylic acids is 1. The van der Waals surface area contributed by atoms with Crippen LogP contribution in [0.4, 0.5) is 4.79 Å². The van der Waals surface area contributed by atoms with Crippen LogP contribution in [0.1, 0.15) is 19.8 Å². The molecular weight excluding hydrogens is 124 g/mol. The highest BCUT2D eigenvalue weighted by atomic mass is 32.2. The first-order valence-electron chi connectivity index (χ1n) is 2.61. The Labute approximate surface area is 53.3 Å². The Kier molecular flexibility index (Phi) is 4.85. The van der Waals surface area contributed by atoms with Crippen LogP contribution in [0.25, 0.3) is 0 Å². The molecule has 0 aromatic heterocycles. The van der Waals surface area contributed by atoms with Crippen molar-refractivity contribution in [1.29, 1.82) is 0 Å². The van der Waals surface area contributed by atoms with Gasteiger partial charge in [0.05, 0.1) is 5.30 Å². The van der Waals surface area contributed by atoms with Crippen LogP contribution >= 0.6 is 11.8 Å². The highest BCUT2D eigenvalue weighted by molar-refractivity contribution is 8.13. The van der Waals surface area contributed by atoms with Gasteiger partial charge in [0.1, 0.15) is 0 Å². The molecule has 0 aromatic rings. The molecule has 0 amide bonds. The highest BCUT2D eigenvalue weighted by Gasteiger charge is 1.84. The van der Waals surface area contributed by atoms with Gasteiger partial charge in [-0.15, -0.1) is 11.8 Å². The third kappa shape index (κ3) is 5.82. The predicted octanol–water partition coefficient (Wildman–Crippen LogP) is 0.863. The number of rotatable bonds is 3. The van der Waals surface area contributed by atoms with Crippen molar-refractivity contribution in [2.45, 2.75) is 19.8 Å². The fourth-order valence-electron chi connectivity index (χ4n) is 0.300. The van der Waals surface area contributed by atoms with E-state index >= 15 is 0 Å². The molecule has 0 unspecified atom stereocenters. The van der Waals surface area contributed by atoms with Gasteiger partial charge in [-0.25, -0.2) is 0 Å². The molecule has 0 aromatic carbocycles. The SMILES string of the molecule is CCCCSC(=O)[O-]. The minimum Gasteiger partial charge on any atom is -0.538 e. The molecule has 0 bridgehead atoms. The summed E-state index contributed by atoms with van der Waals surface area (Å²) in [5.41, 5.74) is 0. The second-order valence-electron chi connectivity index (χ2n) is 1.45.